The zero-order chi connectivity index (χ0) is 25.8. The van der Waals surface area contributed by atoms with Gasteiger partial charge >= 0.3 is 5.97 Å². The van der Waals surface area contributed by atoms with Crippen molar-refractivity contribution in [2.75, 3.05) is 4.90 Å². The van der Waals surface area contributed by atoms with E-state index >= 15 is 0 Å². The number of carbonyl (C=O) groups excluding carboxylic acids is 4. The summed E-state index contributed by atoms with van der Waals surface area (Å²) in [4.78, 5) is 55.0. The molecule has 3 aromatic rings. The number of ether oxygens (including phenoxy) is 1. The maximum Gasteiger partial charge on any atom is 0.308 e. The molecule has 0 aliphatic carbocycles. The van der Waals surface area contributed by atoms with Crippen LogP contribution in [0.15, 0.2) is 79.0 Å². The van der Waals surface area contributed by atoms with E-state index in [0.29, 0.717) is 22.0 Å². The predicted octanol–water partition coefficient (Wildman–Crippen LogP) is 3.25. The van der Waals surface area contributed by atoms with Gasteiger partial charge in [0.15, 0.2) is 6.04 Å². The standard InChI is InChI=1S/C29H21ClN2O5/c1-16(33)37-21-12-6-18(7-13-21)27(34)26-24-23(25-22-5-3-2-4-17(22)14-15-31(25)26)28(35)32(29(24)36)20-10-8-19(30)9-11-20/h2-15,23-26H,1H3/p+1. The van der Waals surface area contributed by atoms with Crippen LogP contribution in [0.5, 0.6) is 5.75 Å². The van der Waals surface area contributed by atoms with Crippen LogP contribution < -0.4 is 14.5 Å². The molecule has 3 aromatic carbocycles. The monoisotopic (exact) mass is 513 g/mol. The number of rotatable bonds is 4. The molecule has 2 fully saturated rings. The zero-order valence-electron chi connectivity index (χ0n) is 19.8. The van der Waals surface area contributed by atoms with Gasteiger partial charge in [0.05, 0.1) is 11.9 Å². The van der Waals surface area contributed by atoms with Crippen LogP contribution in [0.25, 0.3) is 6.08 Å². The molecule has 3 heterocycles. The van der Waals surface area contributed by atoms with Crippen LogP contribution in [0.2, 0.25) is 5.02 Å². The number of hydrogen-bond acceptors (Lipinski definition) is 5. The molecule has 2 amide bonds. The summed E-state index contributed by atoms with van der Waals surface area (Å²) in [5, 5.41) is 0.496. The number of ketones is 1. The van der Waals surface area contributed by atoms with E-state index in [1.165, 1.54) is 11.8 Å². The number of nitrogens with zero attached hydrogens (tertiary/aromatic N) is 1. The lowest BCUT2D eigenvalue weighted by Gasteiger charge is -2.30. The fourth-order valence-electron chi connectivity index (χ4n) is 5.93. The smallest absolute Gasteiger partial charge is 0.308 e. The molecule has 5 unspecified atom stereocenters. The van der Waals surface area contributed by atoms with E-state index in [1.54, 1.807) is 48.5 Å². The number of hydrogen-bond donors (Lipinski definition) is 1. The molecular weight excluding hydrogens is 492 g/mol. The zero-order valence-corrected chi connectivity index (χ0v) is 20.5. The van der Waals surface area contributed by atoms with Crippen LogP contribution in [0.1, 0.15) is 34.5 Å². The van der Waals surface area contributed by atoms with Gasteiger partial charge in [-0.2, -0.15) is 0 Å². The fourth-order valence-corrected chi connectivity index (χ4v) is 6.05. The van der Waals surface area contributed by atoms with Gasteiger partial charge in [-0.3, -0.25) is 24.1 Å². The van der Waals surface area contributed by atoms with E-state index in [1.807, 2.05) is 36.5 Å². The third-order valence-electron chi connectivity index (χ3n) is 7.39. The average molecular weight is 514 g/mol. The van der Waals surface area contributed by atoms with Gasteiger partial charge in [-0.05, 0) is 60.2 Å². The van der Waals surface area contributed by atoms with Crippen molar-refractivity contribution in [2.24, 2.45) is 11.8 Å². The Morgan fingerprint density at radius 3 is 2.27 bits per heavy atom. The maximum absolute atomic E-state index is 14.0. The highest BCUT2D eigenvalue weighted by Gasteiger charge is 2.68. The molecule has 37 heavy (non-hydrogen) atoms. The van der Waals surface area contributed by atoms with Crippen LogP contribution in [0, 0.1) is 11.8 Å². The van der Waals surface area contributed by atoms with Crippen molar-refractivity contribution >= 4 is 46.9 Å². The Morgan fingerprint density at radius 2 is 1.57 bits per heavy atom. The number of carbonyl (C=O) groups is 4. The number of fused-ring (bicyclic) bond motifs is 5. The first-order valence-electron chi connectivity index (χ1n) is 11.9. The summed E-state index contributed by atoms with van der Waals surface area (Å²) in [5.41, 5.74) is 2.73. The molecule has 2 saturated heterocycles. The van der Waals surface area contributed by atoms with E-state index in [-0.39, 0.29) is 23.6 Å². The van der Waals surface area contributed by atoms with Crippen LogP contribution in [0.4, 0.5) is 5.69 Å². The van der Waals surface area contributed by atoms with Crippen LogP contribution in [-0.4, -0.2) is 29.6 Å². The van der Waals surface area contributed by atoms with Crippen LogP contribution in [0.3, 0.4) is 0 Å². The van der Waals surface area contributed by atoms with Crippen molar-refractivity contribution in [1.82, 2.24) is 0 Å². The number of amides is 2. The second-order valence-electron chi connectivity index (χ2n) is 9.44. The third kappa shape index (κ3) is 3.70. The van der Waals surface area contributed by atoms with Gasteiger partial charge in [0, 0.05) is 23.1 Å². The summed E-state index contributed by atoms with van der Waals surface area (Å²) in [7, 11) is 0. The SMILES string of the molecule is CC(=O)Oc1ccc(C(=O)C2C3C(=O)N(c4ccc(Cl)cc4)C(=O)C3C3c4ccccc4C=C[NH+]23)cc1. The molecular formula is C29H22ClN2O5+. The Labute approximate surface area is 217 Å². The lowest BCUT2D eigenvalue weighted by molar-refractivity contribution is -0.884. The van der Waals surface area contributed by atoms with E-state index < -0.39 is 23.8 Å². The summed E-state index contributed by atoms with van der Waals surface area (Å²) < 4.78 is 5.09. The van der Waals surface area contributed by atoms with E-state index in [0.717, 1.165) is 16.0 Å². The summed E-state index contributed by atoms with van der Waals surface area (Å²) in [5.74, 6) is -2.61. The number of benzene rings is 3. The second-order valence-corrected chi connectivity index (χ2v) is 9.88. The van der Waals surface area contributed by atoms with Crippen LogP contribution in [-0.2, 0) is 14.4 Å². The molecule has 0 saturated carbocycles. The Kier molecular flexibility index (Phi) is 5.55. The van der Waals surface area contributed by atoms with Crippen molar-refractivity contribution in [3.8, 4) is 5.75 Å². The molecule has 0 bridgehead atoms. The third-order valence-corrected chi connectivity index (χ3v) is 7.64. The number of Topliss-reactive ketones (excluding diaryl/α,β-unsaturated/α-hetero) is 1. The lowest BCUT2D eigenvalue weighted by Crippen LogP contribution is -3.12. The number of nitrogens with one attached hydrogen (secondary N) is 1. The molecule has 8 heteroatoms. The quantitative estimate of drug-likeness (QED) is 0.250. The number of halogens is 1. The second kappa shape index (κ2) is 8.80. The number of quaternary nitrogens is 1. The molecule has 3 aliphatic heterocycles. The fraction of sp³-hybridized carbons (Fsp3) is 0.172. The van der Waals surface area contributed by atoms with Crippen LogP contribution >= 0.6 is 11.6 Å². The van der Waals surface area contributed by atoms with Gasteiger partial charge in [0.25, 0.3) is 0 Å². The summed E-state index contributed by atoms with van der Waals surface area (Å²) in [6.07, 6.45) is 3.84. The number of imide groups is 1. The molecule has 3 aliphatic rings. The number of anilines is 1. The van der Waals surface area contributed by atoms with E-state index in [4.69, 9.17) is 16.3 Å². The minimum Gasteiger partial charge on any atom is -0.427 e. The largest absolute Gasteiger partial charge is 0.427 e. The predicted molar refractivity (Wildman–Crippen MR) is 136 cm³/mol. The lowest BCUT2D eigenvalue weighted by atomic mass is 9.83. The van der Waals surface area contributed by atoms with E-state index in [2.05, 4.69) is 0 Å². The van der Waals surface area contributed by atoms with Gasteiger partial charge in [-0.15, -0.1) is 0 Å². The molecule has 6 rings (SSSR count). The maximum atomic E-state index is 14.0. The normalized spacial score (nSPS) is 25.5. The Morgan fingerprint density at radius 1 is 0.892 bits per heavy atom. The Balaban J connectivity index is 1.44. The van der Waals surface area contributed by atoms with Gasteiger partial charge in [-0.1, -0.05) is 35.9 Å². The minimum atomic E-state index is -0.834. The minimum absolute atomic E-state index is 0.245. The summed E-state index contributed by atoms with van der Waals surface area (Å²) in [6.45, 7) is 1.30. The molecule has 0 spiro atoms. The van der Waals surface area contributed by atoms with Crippen molar-refractivity contribution in [3.05, 3.63) is 101 Å². The summed E-state index contributed by atoms with van der Waals surface area (Å²) in [6, 6.07) is 19.4. The Bertz CT molecular complexity index is 1480. The summed E-state index contributed by atoms with van der Waals surface area (Å²) >= 11 is 6.03. The molecule has 5 atom stereocenters. The number of esters is 1. The topological polar surface area (TPSA) is 85.2 Å². The van der Waals surface area contributed by atoms with E-state index in [9.17, 15) is 19.2 Å². The highest BCUT2D eigenvalue weighted by Crippen LogP contribution is 2.45. The average Bonchev–Trinajstić information content (AvgIpc) is 3.37. The van der Waals surface area contributed by atoms with Crippen molar-refractivity contribution < 1.29 is 28.8 Å². The van der Waals surface area contributed by atoms with Gasteiger partial charge < -0.3 is 4.74 Å². The Hall–Kier alpha value is -4.07. The highest BCUT2D eigenvalue weighted by atomic mass is 35.5. The first kappa shape index (κ1) is 23.3. The van der Waals surface area contributed by atoms with Crippen molar-refractivity contribution in [3.63, 3.8) is 0 Å². The van der Waals surface area contributed by atoms with Gasteiger partial charge in [-0.25, -0.2) is 4.90 Å². The first-order valence-corrected chi connectivity index (χ1v) is 12.3. The molecule has 1 N–H and O–H groups in total. The molecule has 0 radical (unpaired) electrons. The van der Waals surface area contributed by atoms with Crippen molar-refractivity contribution in [1.29, 1.82) is 0 Å². The molecule has 7 nitrogen and oxygen atoms in total. The van der Waals surface area contributed by atoms with Crippen molar-refractivity contribution in [2.45, 2.75) is 19.0 Å². The van der Waals surface area contributed by atoms with Gasteiger partial charge in [0.2, 0.25) is 17.6 Å². The van der Waals surface area contributed by atoms with Gasteiger partial charge in [0.1, 0.15) is 23.6 Å². The molecule has 0 aromatic heterocycles. The first-order chi connectivity index (χ1) is 17.8. The molecule has 184 valence electrons. The highest BCUT2D eigenvalue weighted by molar-refractivity contribution is 6.31.